The molecule has 14 heavy (non-hydrogen) atoms. The standard InChI is InChI=1S/C10H16N2OS/c1-8-4-5-11-10(6-8)12-9(2)7-14(3)13/h4-6,9H,7H2,1-3H3,(H,11,12). The molecule has 0 amide bonds. The largest absolute Gasteiger partial charge is 0.367 e. The number of hydrogen-bond donors (Lipinski definition) is 1. The second-order valence-corrected chi connectivity index (χ2v) is 4.98. The van der Waals surface area contributed by atoms with Crippen molar-refractivity contribution in [2.24, 2.45) is 0 Å². The molecule has 0 aliphatic heterocycles. The van der Waals surface area contributed by atoms with E-state index < -0.39 is 10.8 Å². The monoisotopic (exact) mass is 212 g/mol. The molecular formula is C10H16N2OS. The molecule has 2 unspecified atom stereocenters. The van der Waals surface area contributed by atoms with Gasteiger partial charge in [-0.1, -0.05) is 0 Å². The Balaban J connectivity index is 2.55. The van der Waals surface area contributed by atoms with E-state index in [4.69, 9.17) is 0 Å². The molecule has 0 spiro atoms. The van der Waals surface area contributed by atoms with Gasteiger partial charge in [-0.2, -0.15) is 0 Å². The van der Waals surface area contributed by atoms with Crippen molar-refractivity contribution in [2.45, 2.75) is 19.9 Å². The van der Waals surface area contributed by atoms with Gasteiger partial charge in [-0.3, -0.25) is 4.21 Å². The van der Waals surface area contributed by atoms with Crippen LogP contribution in [-0.4, -0.2) is 27.2 Å². The summed E-state index contributed by atoms with van der Waals surface area (Å²) in [6, 6.07) is 4.12. The quantitative estimate of drug-likeness (QED) is 0.823. The van der Waals surface area contributed by atoms with Crippen molar-refractivity contribution >= 4 is 16.6 Å². The normalized spacial score (nSPS) is 14.8. The van der Waals surface area contributed by atoms with Gasteiger partial charge in [-0.25, -0.2) is 4.98 Å². The minimum Gasteiger partial charge on any atom is -0.367 e. The Morgan fingerprint density at radius 1 is 1.64 bits per heavy atom. The summed E-state index contributed by atoms with van der Waals surface area (Å²) in [7, 11) is -0.765. The first-order valence-corrected chi connectivity index (χ1v) is 6.30. The van der Waals surface area contributed by atoms with Gasteiger partial charge in [-0.05, 0) is 31.5 Å². The highest BCUT2D eigenvalue weighted by Gasteiger charge is 2.04. The van der Waals surface area contributed by atoms with Gasteiger partial charge in [0.05, 0.1) is 0 Å². The predicted molar refractivity (Wildman–Crippen MR) is 61.0 cm³/mol. The molecule has 0 aliphatic carbocycles. The Hall–Kier alpha value is -0.900. The van der Waals surface area contributed by atoms with E-state index in [9.17, 15) is 4.21 Å². The van der Waals surface area contributed by atoms with Crippen LogP contribution < -0.4 is 5.32 Å². The molecular weight excluding hydrogens is 196 g/mol. The van der Waals surface area contributed by atoms with Crippen LogP contribution >= 0.6 is 0 Å². The molecule has 0 fully saturated rings. The summed E-state index contributed by atoms with van der Waals surface area (Å²) in [6.45, 7) is 4.03. The van der Waals surface area contributed by atoms with Crippen LogP contribution in [0.3, 0.4) is 0 Å². The summed E-state index contributed by atoms with van der Waals surface area (Å²) >= 11 is 0. The zero-order chi connectivity index (χ0) is 10.6. The van der Waals surface area contributed by atoms with Gasteiger partial charge in [0, 0.05) is 35.0 Å². The first kappa shape index (κ1) is 11.2. The van der Waals surface area contributed by atoms with E-state index >= 15 is 0 Å². The Morgan fingerprint density at radius 2 is 2.36 bits per heavy atom. The number of pyridine rings is 1. The molecule has 0 aromatic carbocycles. The molecule has 2 atom stereocenters. The van der Waals surface area contributed by atoms with Crippen LogP contribution in [0.25, 0.3) is 0 Å². The van der Waals surface area contributed by atoms with Crippen LogP contribution in [0.5, 0.6) is 0 Å². The van der Waals surface area contributed by atoms with Crippen molar-refractivity contribution in [3.05, 3.63) is 23.9 Å². The summed E-state index contributed by atoms with van der Waals surface area (Å²) in [5.41, 5.74) is 1.17. The van der Waals surface area contributed by atoms with Crippen molar-refractivity contribution in [3.8, 4) is 0 Å². The fraction of sp³-hybridized carbons (Fsp3) is 0.500. The highest BCUT2D eigenvalue weighted by atomic mass is 32.2. The molecule has 1 rings (SSSR count). The van der Waals surface area contributed by atoms with E-state index in [-0.39, 0.29) is 6.04 Å². The first-order chi connectivity index (χ1) is 6.58. The molecule has 1 aromatic heterocycles. The van der Waals surface area contributed by atoms with E-state index in [1.807, 2.05) is 26.0 Å². The van der Waals surface area contributed by atoms with Gasteiger partial charge < -0.3 is 5.32 Å². The first-order valence-electron chi connectivity index (χ1n) is 4.57. The molecule has 1 heterocycles. The molecule has 3 nitrogen and oxygen atoms in total. The molecule has 0 aliphatic rings. The summed E-state index contributed by atoms with van der Waals surface area (Å²) < 4.78 is 11.0. The highest BCUT2D eigenvalue weighted by Crippen LogP contribution is 2.06. The Bertz CT molecular complexity index is 328. The molecule has 1 N–H and O–H groups in total. The smallest absolute Gasteiger partial charge is 0.126 e. The van der Waals surface area contributed by atoms with Gasteiger partial charge in [0.15, 0.2) is 0 Å². The summed E-state index contributed by atoms with van der Waals surface area (Å²) in [5.74, 6) is 1.50. The number of anilines is 1. The molecule has 0 saturated carbocycles. The van der Waals surface area contributed by atoms with Crippen molar-refractivity contribution in [1.82, 2.24) is 4.98 Å². The van der Waals surface area contributed by atoms with Gasteiger partial charge in [0.1, 0.15) is 5.82 Å². The van der Waals surface area contributed by atoms with E-state index in [0.29, 0.717) is 5.75 Å². The number of aryl methyl sites for hydroxylation is 1. The van der Waals surface area contributed by atoms with Crippen LogP contribution in [0.4, 0.5) is 5.82 Å². The second kappa shape index (κ2) is 5.10. The maximum Gasteiger partial charge on any atom is 0.126 e. The third-order valence-electron chi connectivity index (χ3n) is 1.79. The lowest BCUT2D eigenvalue weighted by Gasteiger charge is -2.12. The molecule has 4 heteroatoms. The molecule has 78 valence electrons. The van der Waals surface area contributed by atoms with Crippen LogP contribution in [0.1, 0.15) is 12.5 Å². The average molecular weight is 212 g/mol. The maximum atomic E-state index is 11.0. The minimum absolute atomic E-state index is 0.190. The van der Waals surface area contributed by atoms with Crippen molar-refractivity contribution < 1.29 is 4.21 Å². The Labute approximate surface area is 87.4 Å². The van der Waals surface area contributed by atoms with Gasteiger partial charge in [0.25, 0.3) is 0 Å². The lowest BCUT2D eigenvalue weighted by atomic mass is 10.3. The third kappa shape index (κ3) is 3.87. The zero-order valence-electron chi connectivity index (χ0n) is 8.78. The lowest BCUT2D eigenvalue weighted by molar-refractivity contribution is 0.683. The van der Waals surface area contributed by atoms with Crippen molar-refractivity contribution in [2.75, 3.05) is 17.3 Å². The molecule has 1 aromatic rings. The van der Waals surface area contributed by atoms with Gasteiger partial charge in [-0.15, -0.1) is 0 Å². The van der Waals surface area contributed by atoms with Crippen LogP contribution in [0.15, 0.2) is 18.3 Å². The molecule has 0 bridgehead atoms. The van der Waals surface area contributed by atoms with Gasteiger partial charge in [0.2, 0.25) is 0 Å². The molecule has 0 radical (unpaired) electrons. The maximum absolute atomic E-state index is 11.0. The number of nitrogens with zero attached hydrogens (tertiary/aromatic N) is 1. The predicted octanol–water partition coefficient (Wildman–Crippen LogP) is 1.57. The number of hydrogen-bond acceptors (Lipinski definition) is 3. The third-order valence-corrected chi connectivity index (χ3v) is 2.76. The summed E-state index contributed by atoms with van der Waals surface area (Å²) in [5, 5.41) is 3.21. The summed E-state index contributed by atoms with van der Waals surface area (Å²) in [4.78, 5) is 4.18. The summed E-state index contributed by atoms with van der Waals surface area (Å²) in [6.07, 6.45) is 3.48. The second-order valence-electron chi connectivity index (χ2n) is 3.50. The van der Waals surface area contributed by atoms with Crippen LogP contribution in [0, 0.1) is 6.92 Å². The Morgan fingerprint density at radius 3 is 2.93 bits per heavy atom. The minimum atomic E-state index is -0.765. The fourth-order valence-corrected chi connectivity index (χ4v) is 2.05. The van der Waals surface area contributed by atoms with E-state index in [2.05, 4.69) is 10.3 Å². The highest BCUT2D eigenvalue weighted by molar-refractivity contribution is 7.84. The van der Waals surface area contributed by atoms with Crippen molar-refractivity contribution in [3.63, 3.8) is 0 Å². The zero-order valence-corrected chi connectivity index (χ0v) is 9.60. The van der Waals surface area contributed by atoms with E-state index in [1.54, 1.807) is 12.5 Å². The van der Waals surface area contributed by atoms with Crippen LogP contribution in [0.2, 0.25) is 0 Å². The Kier molecular flexibility index (Phi) is 4.07. The topological polar surface area (TPSA) is 42.0 Å². The van der Waals surface area contributed by atoms with E-state index in [1.165, 1.54) is 5.56 Å². The van der Waals surface area contributed by atoms with Crippen LogP contribution in [-0.2, 0) is 10.8 Å². The average Bonchev–Trinajstić information content (AvgIpc) is 2.01. The number of rotatable bonds is 4. The van der Waals surface area contributed by atoms with Gasteiger partial charge >= 0.3 is 0 Å². The lowest BCUT2D eigenvalue weighted by Crippen LogP contribution is -2.22. The number of aromatic nitrogens is 1. The van der Waals surface area contributed by atoms with E-state index in [0.717, 1.165) is 5.82 Å². The van der Waals surface area contributed by atoms with Crippen molar-refractivity contribution in [1.29, 1.82) is 0 Å². The fourth-order valence-electron chi connectivity index (χ4n) is 1.26. The molecule has 0 saturated heterocycles. The number of nitrogens with one attached hydrogen (secondary N) is 1. The SMILES string of the molecule is Cc1ccnc(NC(C)CS(C)=O)c1.